The Morgan fingerprint density at radius 2 is 2.29 bits per heavy atom. The van der Waals surface area contributed by atoms with Crippen molar-refractivity contribution in [1.29, 1.82) is 5.26 Å². The summed E-state index contributed by atoms with van der Waals surface area (Å²) in [6.45, 7) is 3.87. The van der Waals surface area contributed by atoms with Crippen LogP contribution in [0.2, 0.25) is 0 Å². The van der Waals surface area contributed by atoms with Gasteiger partial charge in [0, 0.05) is 6.04 Å². The number of nitriles is 1. The van der Waals surface area contributed by atoms with Gasteiger partial charge in [-0.15, -0.1) is 0 Å². The molecule has 0 aromatic heterocycles. The van der Waals surface area contributed by atoms with Gasteiger partial charge in [-0.3, -0.25) is 4.79 Å². The summed E-state index contributed by atoms with van der Waals surface area (Å²) in [4.78, 5) is 11.5. The van der Waals surface area contributed by atoms with Gasteiger partial charge in [0.15, 0.2) is 0 Å². The fraction of sp³-hybridized carbons (Fsp3) is 0.818. The molecule has 0 aromatic rings. The lowest BCUT2D eigenvalue weighted by Crippen LogP contribution is -2.36. The van der Waals surface area contributed by atoms with Crippen molar-refractivity contribution in [3.05, 3.63) is 0 Å². The van der Waals surface area contributed by atoms with Gasteiger partial charge >= 0.3 is 0 Å². The van der Waals surface area contributed by atoms with E-state index in [0.29, 0.717) is 6.42 Å². The van der Waals surface area contributed by atoms with E-state index < -0.39 is 5.92 Å². The van der Waals surface area contributed by atoms with Crippen molar-refractivity contribution in [3.8, 4) is 6.07 Å². The smallest absolute Gasteiger partial charge is 0.237 e. The molecule has 1 saturated carbocycles. The maximum Gasteiger partial charge on any atom is 0.237 e. The summed E-state index contributed by atoms with van der Waals surface area (Å²) in [6, 6.07) is 2.23. The van der Waals surface area contributed by atoms with Gasteiger partial charge in [0.2, 0.25) is 5.91 Å². The number of hydrogen-bond acceptors (Lipinski definition) is 2. The Morgan fingerprint density at radius 1 is 1.64 bits per heavy atom. The maximum absolute atomic E-state index is 11.5. The van der Waals surface area contributed by atoms with E-state index in [4.69, 9.17) is 5.26 Å². The quantitative estimate of drug-likeness (QED) is 0.726. The summed E-state index contributed by atoms with van der Waals surface area (Å²) in [6.07, 6.45) is 4.26. The molecule has 0 aliphatic heterocycles. The van der Waals surface area contributed by atoms with E-state index in [-0.39, 0.29) is 11.9 Å². The molecule has 0 heterocycles. The molecule has 1 aliphatic carbocycles. The largest absolute Gasteiger partial charge is 0.353 e. The van der Waals surface area contributed by atoms with Crippen LogP contribution in [0.5, 0.6) is 0 Å². The monoisotopic (exact) mass is 194 g/mol. The molecule has 0 bridgehead atoms. The summed E-state index contributed by atoms with van der Waals surface area (Å²) in [5.74, 6) is 0.229. The van der Waals surface area contributed by atoms with Gasteiger partial charge in [-0.2, -0.15) is 5.26 Å². The average molecular weight is 194 g/mol. The number of rotatable bonds is 5. The van der Waals surface area contributed by atoms with E-state index >= 15 is 0 Å². The van der Waals surface area contributed by atoms with Crippen LogP contribution in [0.4, 0.5) is 0 Å². The molecule has 0 spiro atoms. The molecule has 0 saturated heterocycles. The topological polar surface area (TPSA) is 52.9 Å². The van der Waals surface area contributed by atoms with Crippen molar-refractivity contribution in [2.45, 2.75) is 45.6 Å². The molecular formula is C11H18N2O. The molecule has 1 rings (SSSR count). The predicted octanol–water partition coefficient (Wildman–Crippen LogP) is 1.84. The first kappa shape index (κ1) is 11.0. The van der Waals surface area contributed by atoms with Crippen LogP contribution in [-0.4, -0.2) is 11.9 Å². The Kier molecular flexibility index (Phi) is 3.94. The Morgan fingerprint density at radius 3 is 2.71 bits per heavy atom. The number of carbonyl (C=O) groups is 1. The third-order valence-electron chi connectivity index (χ3n) is 2.65. The van der Waals surface area contributed by atoms with E-state index in [9.17, 15) is 4.79 Å². The van der Waals surface area contributed by atoms with E-state index in [0.717, 1.165) is 12.3 Å². The Bertz CT molecular complexity index is 240. The van der Waals surface area contributed by atoms with Gasteiger partial charge in [-0.05, 0) is 25.7 Å². The first-order valence-electron chi connectivity index (χ1n) is 5.37. The zero-order valence-corrected chi connectivity index (χ0v) is 8.92. The zero-order chi connectivity index (χ0) is 10.6. The third kappa shape index (κ3) is 3.37. The molecule has 2 atom stereocenters. The van der Waals surface area contributed by atoms with Crippen LogP contribution < -0.4 is 5.32 Å². The van der Waals surface area contributed by atoms with E-state index in [2.05, 4.69) is 5.32 Å². The minimum absolute atomic E-state index is 0.108. The lowest BCUT2D eigenvalue weighted by Gasteiger charge is -2.15. The van der Waals surface area contributed by atoms with Crippen molar-refractivity contribution in [2.24, 2.45) is 11.8 Å². The highest BCUT2D eigenvalue weighted by Gasteiger charge is 2.25. The van der Waals surface area contributed by atoms with E-state index in [1.165, 1.54) is 12.8 Å². The number of nitrogens with one attached hydrogen (secondary N) is 1. The van der Waals surface area contributed by atoms with Gasteiger partial charge in [-0.1, -0.05) is 19.8 Å². The molecule has 1 N–H and O–H groups in total. The van der Waals surface area contributed by atoms with Gasteiger partial charge in [0.25, 0.3) is 0 Å². The minimum atomic E-state index is -0.475. The van der Waals surface area contributed by atoms with Crippen LogP contribution in [-0.2, 0) is 4.79 Å². The fourth-order valence-electron chi connectivity index (χ4n) is 1.59. The standard InChI is InChI=1S/C11H18N2O/c1-3-10(7-12)11(14)13-8(2)6-9-4-5-9/h8-10H,3-6H2,1-2H3,(H,13,14). The van der Waals surface area contributed by atoms with Gasteiger partial charge in [0.05, 0.1) is 6.07 Å². The first-order chi connectivity index (χ1) is 6.67. The van der Waals surface area contributed by atoms with Gasteiger partial charge < -0.3 is 5.32 Å². The van der Waals surface area contributed by atoms with Gasteiger partial charge in [-0.25, -0.2) is 0 Å². The minimum Gasteiger partial charge on any atom is -0.353 e. The molecule has 3 nitrogen and oxygen atoms in total. The molecule has 0 radical (unpaired) electrons. The van der Waals surface area contributed by atoms with Gasteiger partial charge in [0.1, 0.15) is 5.92 Å². The molecule has 14 heavy (non-hydrogen) atoms. The molecule has 3 heteroatoms. The Hall–Kier alpha value is -1.04. The van der Waals surface area contributed by atoms with Crippen LogP contribution in [0.25, 0.3) is 0 Å². The lowest BCUT2D eigenvalue weighted by molar-refractivity contribution is -0.124. The van der Waals surface area contributed by atoms with E-state index in [1.807, 2.05) is 19.9 Å². The normalized spacial score (nSPS) is 19.5. The average Bonchev–Trinajstić information content (AvgIpc) is 2.90. The lowest BCUT2D eigenvalue weighted by atomic mass is 10.1. The summed E-state index contributed by atoms with van der Waals surface area (Å²) in [5, 5.41) is 11.6. The van der Waals surface area contributed by atoms with Crippen LogP contribution in [0.3, 0.4) is 0 Å². The molecule has 78 valence electrons. The third-order valence-corrected chi connectivity index (χ3v) is 2.65. The highest BCUT2D eigenvalue weighted by Crippen LogP contribution is 2.33. The summed E-state index contributed by atoms with van der Waals surface area (Å²) in [5.41, 5.74) is 0. The van der Waals surface area contributed by atoms with Crippen LogP contribution in [0.15, 0.2) is 0 Å². The highest BCUT2D eigenvalue weighted by atomic mass is 16.1. The summed E-state index contributed by atoms with van der Waals surface area (Å²) in [7, 11) is 0. The number of amides is 1. The molecule has 1 amide bonds. The van der Waals surface area contributed by atoms with Crippen LogP contribution >= 0.6 is 0 Å². The van der Waals surface area contributed by atoms with Crippen LogP contribution in [0, 0.1) is 23.2 Å². The molecule has 1 fully saturated rings. The molecule has 1 aliphatic rings. The Labute approximate surface area is 85.5 Å². The highest BCUT2D eigenvalue weighted by molar-refractivity contribution is 5.81. The predicted molar refractivity (Wildman–Crippen MR) is 54.3 cm³/mol. The number of nitrogens with zero attached hydrogens (tertiary/aromatic N) is 1. The van der Waals surface area contributed by atoms with Crippen molar-refractivity contribution in [3.63, 3.8) is 0 Å². The van der Waals surface area contributed by atoms with E-state index in [1.54, 1.807) is 0 Å². The summed E-state index contributed by atoms with van der Waals surface area (Å²) >= 11 is 0. The molecule has 2 unspecified atom stereocenters. The van der Waals surface area contributed by atoms with Crippen molar-refractivity contribution in [1.82, 2.24) is 5.32 Å². The fourth-order valence-corrected chi connectivity index (χ4v) is 1.59. The van der Waals surface area contributed by atoms with Crippen LogP contribution in [0.1, 0.15) is 39.5 Å². The molecular weight excluding hydrogens is 176 g/mol. The SMILES string of the molecule is CCC(C#N)C(=O)NC(C)CC1CC1. The Balaban J connectivity index is 2.27. The molecule has 0 aromatic carbocycles. The van der Waals surface area contributed by atoms with Crippen molar-refractivity contribution in [2.75, 3.05) is 0 Å². The van der Waals surface area contributed by atoms with Crippen molar-refractivity contribution >= 4 is 5.91 Å². The maximum atomic E-state index is 11.5. The second-order valence-corrected chi connectivity index (χ2v) is 4.18. The second kappa shape index (κ2) is 4.99. The first-order valence-corrected chi connectivity index (χ1v) is 5.37. The number of carbonyl (C=O) groups excluding carboxylic acids is 1. The van der Waals surface area contributed by atoms with Crippen molar-refractivity contribution < 1.29 is 4.79 Å². The second-order valence-electron chi connectivity index (χ2n) is 4.18. The number of hydrogen-bond donors (Lipinski definition) is 1. The summed E-state index contributed by atoms with van der Waals surface area (Å²) < 4.78 is 0. The zero-order valence-electron chi connectivity index (χ0n) is 8.92.